The van der Waals surface area contributed by atoms with Crippen molar-refractivity contribution in [2.75, 3.05) is 13.7 Å². The fraction of sp³-hybridized carbons (Fsp3) is 0.538. The molecule has 20 heavy (non-hydrogen) atoms. The molecule has 2 aromatic heterocycles. The van der Waals surface area contributed by atoms with Crippen molar-refractivity contribution >= 4 is 33.2 Å². The van der Waals surface area contributed by atoms with Gasteiger partial charge in [-0.1, -0.05) is 11.6 Å². The molecule has 0 saturated carbocycles. The van der Waals surface area contributed by atoms with E-state index >= 15 is 0 Å². The minimum Gasteiger partial charge on any atom is -0.400 e. The molecule has 2 aromatic rings. The van der Waals surface area contributed by atoms with Crippen LogP contribution in [0.15, 0.2) is 6.20 Å². The standard InChI is InChI=1S/C12H14ClN3OS.CH4O/c1-6-15-10-11(18-6)8(4-14-12(10)13)9-3-2-7(5-17)16-9;1-2/h4,7,9,16-17H,2-3,5H2,1H3;2H,1H3/t7-,9+;/m0./s1. The summed E-state index contributed by atoms with van der Waals surface area (Å²) >= 11 is 7.73. The number of halogens is 1. The topological polar surface area (TPSA) is 78.3 Å². The zero-order chi connectivity index (χ0) is 14.7. The Morgan fingerprint density at radius 3 is 2.85 bits per heavy atom. The largest absolute Gasteiger partial charge is 0.400 e. The number of aromatic nitrogens is 2. The number of fused-ring (bicyclic) bond motifs is 1. The molecule has 0 amide bonds. The quantitative estimate of drug-likeness (QED) is 0.739. The van der Waals surface area contributed by atoms with Gasteiger partial charge in [-0.2, -0.15) is 0 Å². The number of aryl methyl sites for hydroxylation is 1. The molecule has 3 N–H and O–H groups in total. The van der Waals surface area contributed by atoms with Crippen molar-refractivity contribution in [2.24, 2.45) is 0 Å². The predicted molar refractivity (Wildman–Crippen MR) is 81.3 cm³/mol. The van der Waals surface area contributed by atoms with E-state index in [1.54, 1.807) is 11.3 Å². The molecule has 0 unspecified atom stereocenters. The average molecular weight is 316 g/mol. The summed E-state index contributed by atoms with van der Waals surface area (Å²) in [4.78, 5) is 8.65. The molecule has 1 aliphatic rings. The Balaban J connectivity index is 0.000000704. The Morgan fingerprint density at radius 1 is 1.45 bits per heavy atom. The third-order valence-electron chi connectivity index (χ3n) is 3.35. The minimum absolute atomic E-state index is 0.183. The SMILES string of the molecule is CO.Cc1nc2c(Cl)ncc([C@H]3CC[C@@H](CO)N3)c2s1. The van der Waals surface area contributed by atoms with Gasteiger partial charge in [0.1, 0.15) is 5.52 Å². The van der Waals surface area contributed by atoms with Gasteiger partial charge in [-0.3, -0.25) is 0 Å². The normalized spacial score (nSPS) is 21.9. The Hall–Kier alpha value is -0.790. The highest BCUT2D eigenvalue weighted by Crippen LogP contribution is 2.36. The second kappa shape index (κ2) is 6.78. The fourth-order valence-corrected chi connectivity index (χ4v) is 3.69. The van der Waals surface area contributed by atoms with E-state index in [-0.39, 0.29) is 18.7 Å². The molecular formula is C13H18ClN3O2S. The summed E-state index contributed by atoms with van der Waals surface area (Å²) in [7, 11) is 1.00. The second-order valence-corrected chi connectivity index (χ2v) is 6.15. The summed E-state index contributed by atoms with van der Waals surface area (Å²) in [6.45, 7) is 2.16. The zero-order valence-corrected chi connectivity index (χ0v) is 13.0. The lowest BCUT2D eigenvalue weighted by atomic mass is 10.1. The van der Waals surface area contributed by atoms with Crippen LogP contribution in [-0.2, 0) is 0 Å². The van der Waals surface area contributed by atoms with Crippen LogP contribution in [-0.4, -0.2) is 39.9 Å². The summed E-state index contributed by atoms with van der Waals surface area (Å²) in [5, 5.41) is 21.1. The first kappa shape index (κ1) is 15.6. The first-order valence-electron chi connectivity index (χ1n) is 6.42. The van der Waals surface area contributed by atoms with Gasteiger partial charge in [-0.15, -0.1) is 11.3 Å². The lowest BCUT2D eigenvalue weighted by Gasteiger charge is -2.13. The van der Waals surface area contributed by atoms with Crippen LogP contribution in [0, 0.1) is 6.92 Å². The number of thiazole rings is 1. The van der Waals surface area contributed by atoms with Gasteiger partial charge in [0.15, 0.2) is 5.15 Å². The van der Waals surface area contributed by atoms with Crippen molar-refractivity contribution in [1.82, 2.24) is 15.3 Å². The lowest BCUT2D eigenvalue weighted by Crippen LogP contribution is -2.27. The van der Waals surface area contributed by atoms with Gasteiger partial charge in [0, 0.05) is 31.0 Å². The summed E-state index contributed by atoms with van der Waals surface area (Å²) in [6.07, 6.45) is 3.84. The van der Waals surface area contributed by atoms with Gasteiger partial charge < -0.3 is 15.5 Å². The molecule has 0 radical (unpaired) electrons. The van der Waals surface area contributed by atoms with E-state index in [0.29, 0.717) is 5.15 Å². The van der Waals surface area contributed by atoms with Crippen molar-refractivity contribution in [3.63, 3.8) is 0 Å². The molecule has 1 aliphatic heterocycles. The Bertz CT molecular complexity index is 590. The van der Waals surface area contributed by atoms with Gasteiger partial charge >= 0.3 is 0 Å². The van der Waals surface area contributed by atoms with Gasteiger partial charge in [0.2, 0.25) is 0 Å². The van der Waals surface area contributed by atoms with E-state index in [1.165, 1.54) is 0 Å². The van der Waals surface area contributed by atoms with E-state index in [0.717, 1.165) is 40.7 Å². The van der Waals surface area contributed by atoms with Crippen LogP contribution >= 0.6 is 22.9 Å². The van der Waals surface area contributed by atoms with Gasteiger partial charge in [0.25, 0.3) is 0 Å². The Kier molecular flexibility index (Phi) is 5.29. The molecule has 0 spiro atoms. The third kappa shape index (κ3) is 2.94. The second-order valence-electron chi connectivity index (χ2n) is 4.59. The van der Waals surface area contributed by atoms with Crippen LogP contribution in [0.2, 0.25) is 5.15 Å². The number of aliphatic hydroxyl groups is 2. The summed E-state index contributed by atoms with van der Waals surface area (Å²) in [6, 6.07) is 0.434. The van der Waals surface area contributed by atoms with Crippen molar-refractivity contribution < 1.29 is 10.2 Å². The molecule has 5 nitrogen and oxygen atoms in total. The van der Waals surface area contributed by atoms with Crippen molar-refractivity contribution in [1.29, 1.82) is 0 Å². The number of rotatable bonds is 2. The van der Waals surface area contributed by atoms with Crippen LogP contribution in [0.4, 0.5) is 0 Å². The molecular weight excluding hydrogens is 298 g/mol. The molecule has 3 rings (SSSR count). The van der Waals surface area contributed by atoms with E-state index in [4.69, 9.17) is 16.7 Å². The molecule has 0 aliphatic carbocycles. The first-order chi connectivity index (χ1) is 9.69. The molecule has 2 atom stereocenters. The lowest BCUT2D eigenvalue weighted by molar-refractivity contribution is 0.252. The summed E-state index contributed by atoms with van der Waals surface area (Å²) in [5.74, 6) is 0. The highest BCUT2D eigenvalue weighted by atomic mass is 35.5. The maximum atomic E-state index is 9.18. The van der Waals surface area contributed by atoms with Crippen LogP contribution in [0.25, 0.3) is 10.2 Å². The highest BCUT2D eigenvalue weighted by molar-refractivity contribution is 7.18. The van der Waals surface area contributed by atoms with Crippen LogP contribution in [0.1, 0.15) is 29.5 Å². The molecule has 110 valence electrons. The van der Waals surface area contributed by atoms with E-state index in [2.05, 4.69) is 15.3 Å². The first-order valence-corrected chi connectivity index (χ1v) is 7.61. The maximum Gasteiger partial charge on any atom is 0.156 e. The molecule has 3 heterocycles. The minimum atomic E-state index is 0.183. The smallest absolute Gasteiger partial charge is 0.156 e. The monoisotopic (exact) mass is 315 g/mol. The van der Waals surface area contributed by atoms with E-state index in [9.17, 15) is 5.11 Å². The van der Waals surface area contributed by atoms with E-state index in [1.807, 2.05) is 13.1 Å². The molecule has 0 bridgehead atoms. The number of aliphatic hydroxyl groups excluding tert-OH is 2. The van der Waals surface area contributed by atoms with Gasteiger partial charge in [-0.25, -0.2) is 9.97 Å². The van der Waals surface area contributed by atoms with Crippen molar-refractivity contribution in [3.05, 3.63) is 21.9 Å². The number of nitrogens with one attached hydrogen (secondary N) is 1. The molecule has 1 fully saturated rings. The van der Waals surface area contributed by atoms with Crippen molar-refractivity contribution in [3.8, 4) is 0 Å². The average Bonchev–Trinajstić information content (AvgIpc) is 3.08. The predicted octanol–water partition coefficient (Wildman–Crippen LogP) is 2.05. The van der Waals surface area contributed by atoms with E-state index < -0.39 is 0 Å². The van der Waals surface area contributed by atoms with Crippen LogP contribution in [0.3, 0.4) is 0 Å². The summed E-state index contributed by atoms with van der Waals surface area (Å²) in [5.41, 5.74) is 1.95. The highest BCUT2D eigenvalue weighted by Gasteiger charge is 2.27. The number of pyridine rings is 1. The third-order valence-corrected chi connectivity index (χ3v) is 4.64. The van der Waals surface area contributed by atoms with Crippen LogP contribution in [0.5, 0.6) is 0 Å². The van der Waals surface area contributed by atoms with Gasteiger partial charge in [0.05, 0.1) is 16.3 Å². The molecule has 1 saturated heterocycles. The van der Waals surface area contributed by atoms with Crippen molar-refractivity contribution in [2.45, 2.75) is 31.8 Å². The Labute approximate surface area is 126 Å². The fourth-order valence-electron chi connectivity index (χ4n) is 2.47. The van der Waals surface area contributed by atoms with Gasteiger partial charge in [-0.05, 0) is 19.8 Å². The summed E-state index contributed by atoms with van der Waals surface area (Å²) < 4.78 is 1.11. The Morgan fingerprint density at radius 2 is 2.20 bits per heavy atom. The number of hydrogen-bond donors (Lipinski definition) is 3. The number of hydrogen-bond acceptors (Lipinski definition) is 6. The van der Waals surface area contributed by atoms with Crippen LogP contribution < -0.4 is 5.32 Å². The zero-order valence-electron chi connectivity index (χ0n) is 11.4. The number of nitrogens with zero attached hydrogens (tertiary/aromatic N) is 2. The molecule has 7 heteroatoms. The maximum absolute atomic E-state index is 9.18. The molecule has 0 aromatic carbocycles.